The Labute approximate surface area is 114 Å². The Morgan fingerprint density at radius 3 is 2.42 bits per heavy atom. The molecule has 0 radical (unpaired) electrons. The van der Waals surface area contributed by atoms with Crippen molar-refractivity contribution in [2.45, 2.75) is 51.0 Å². The van der Waals surface area contributed by atoms with E-state index in [1.54, 1.807) is 0 Å². The standard InChI is InChI=1S/C16H23F2N/c1-19-13(10-9-12-5-2-3-6-12)11-14-15(17)7-4-8-16(14)18/h4,7-8,12-13,19H,2-3,5-6,9-11H2,1H3. The molecule has 1 aliphatic rings. The van der Waals surface area contributed by atoms with E-state index < -0.39 is 11.6 Å². The van der Waals surface area contributed by atoms with Gasteiger partial charge in [0.15, 0.2) is 0 Å². The van der Waals surface area contributed by atoms with E-state index in [0.717, 1.165) is 12.3 Å². The second-order valence-electron chi connectivity index (χ2n) is 5.62. The van der Waals surface area contributed by atoms with Crippen LogP contribution in [0.1, 0.15) is 44.1 Å². The van der Waals surface area contributed by atoms with E-state index >= 15 is 0 Å². The van der Waals surface area contributed by atoms with Gasteiger partial charge in [-0.05, 0) is 44.4 Å². The van der Waals surface area contributed by atoms with Crippen molar-refractivity contribution in [3.05, 3.63) is 35.4 Å². The normalized spacial score (nSPS) is 17.8. The molecule has 0 bridgehead atoms. The molecule has 106 valence electrons. The summed E-state index contributed by atoms with van der Waals surface area (Å²) in [6.07, 6.45) is 7.93. The minimum absolute atomic E-state index is 0.159. The number of hydrogen-bond donors (Lipinski definition) is 1. The lowest BCUT2D eigenvalue weighted by Gasteiger charge is -2.19. The first-order valence-corrected chi connectivity index (χ1v) is 7.31. The van der Waals surface area contributed by atoms with E-state index in [1.165, 1.54) is 50.3 Å². The van der Waals surface area contributed by atoms with Gasteiger partial charge in [-0.3, -0.25) is 0 Å². The summed E-state index contributed by atoms with van der Waals surface area (Å²) >= 11 is 0. The highest BCUT2D eigenvalue weighted by Crippen LogP contribution is 2.29. The van der Waals surface area contributed by atoms with Crippen molar-refractivity contribution >= 4 is 0 Å². The lowest BCUT2D eigenvalue weighted by atomic mass is 9.95. The Bertz CT molecular complexity index is 379. The molecule has 1 saturated carbocycles. The number of benzene rings is 1. The molecule has 19 heavy (non-hydrogen) atoms. The SMILES string of the molecule is CNC(CCC1CCCC1)Cc1c(F)cccc1F. The maximum atomic E-state index is 13.6. The molecule has 1 aliphatic carbocycles. The second kappa shape index (κ2) is 6.99. The summed E-state index contributed by atoms with van der Waals surface area (Å²) in [7, 11) is 1.87. The zero-order valence-corrected chi connectivity index (χ0v) is 11.6. The molecule has 2 rings (SSSR count). The summed E-state index contributed by atoms with van der Waals surface area (Å²) < 4.78 is 27.2. The summed E-state index contributed by atoms with van der Waals surface area (Å²) in [6, 6.07) is 4.25. The highest BCUT2D eigenvalue weighted by molar-refractivity contribution is 5.20. The zero-order chi connectivity index (χ0) is 13.7. The Morgan fingerprint density at radius 2 is 1.84 bits per heavy atom. The van der Waals surface area contributed by atoms with Crippen LogP contribution < -0.4 is 5.32 Å². The second-order valence-corrected chi connectivity index (χ2v) is 5.62. The van der Waals surface area contributed by atoms with Gasteiger partial charge in [0.1, 0.15) is 11.6 Å². The monoisotopic (exact) mass is 267 g/mol. The molecular weight excluding hydrogens is 244 g/mol. The molecular formula is C16H23F2N. The molecule has 1 fully saturated rings. The molecule has 0 aliphatic heterocycles. The quantitative estimate of drug-likeness (QED) is 0.819. The topological polar surface area (TPSA) is 12.0 Å². The predicted octanol–water partition coefficient (Wildman–Crippen LogP) is 4.07. The van der Waals surface area contributed by atoms with E-state index in [9.17, 15) is 8.78 Å². The van der Waals surface area contributed by atoms with E-state index in [-0.39, 0.29) is 11.6 Å². The van der Waals surface area contributed by atoms with Gasteiger partial charge in [0.25, 0.3) is 0 Å². The summed E-state index contributed by atoms with van der Waals surface area (Å²) in [6.45, 7) is 0. The summed E-state index contributed by atoms with van der Waals surface area (Å²) in [5, 5.41) is 3.20. The van der Waals surface area contributed by atoms with Gasteiger partial charge in [-0.2, -0.15) is 0 Å². The van der Waals surface area contributed by atoms with Crippen LogP contribution in [-0.2, 0) is 6.42 Å². The van der Waals surface area contributed by atoms with Gasteiger partial charge in [0.2, 0.25) is 0 Å². The third-order valence-corrected chi connectivity index (χ3v) is 4.32. The number of hydrogen-bond acceptors (Lipinski definition) is 1. The van der Waals surface area contributed by atoms with Crippen LogP contribution in [0.5, 0.6) is 0 Å². The predicted molar refractivity (Wildman–Crippen MR) is 74.1 cm³/mol. The molecule has 0 heterocycles. The Morgan fingerprint density at radius 1 is 1.21 bits per heavy atom. The van der Waals surface area contributed by atoms with Crippen LogP contribution in [0, 0.1) is 17.6 Å². The smallest absolute Gasteiger partial charge is 0.129 e. The van der Waals surface area contributed by atoms with E-state index in [2.05, 4.69) is 5.32 Å². The van der Waals surface area contributed by atoms with Gasteiger partial charge in [-0.15, -0.1) is 0 Å². The van der Waals surface area contributed by atoms with Crippen molar-refractivity contribution in [2.24, 2.45) is 5.92 Å². The Balaban J connectivity index is 1.90. The lowest BCUT2D eigenvalue weighted by Crippen LogP contribution is -2.29. The highest BCUT2D eigenvalue weighted by Gasteiger charge is 2.19. The fraction of sp³-hybridized carbons (Fsp3) is 0.625. The summed E-state index contributed by atoms with van der Waals surface area (Å²) in [4.78, 5) is 0. The first-order chi connectivity index (χ1) is 9.20. The van der Waals surface area contributed by atoms with Crippen molar-refractivity contribution in [3.63, 3.8) is 0 Å². The first kappa shape index (κ1) is 14.4. The van der Waals surface area contributed by atoms with Crippen molar-refractivity contribution in [1.82, 2.24) is 5.32 Å². The van der Waals surface area contributed by atoms with E-state index in [0.29, 0.717) is 6.42 Å². The van der Waals surface area contributed by atoms with Gasteiger partial charge in [-0.1, -0.05) is 31.7 Å². The molecule has 1 N–H and O–H groups in total. The minimum atomic E-state index is -0.430. The summed E-state index contributed by atoms with van der Waals surface area (Å²) in [5.74, 6) is -0.0384. The van der Waals surface area contributed by atoms with Crippen molar-refractivity contribution in [1.29, 1.82) is 0 Å². The number of halogens is 2. The zero-order valence-electron chi connectivity index (χ0n) is 11.6. The average molecular weight is 267 g/mol. The molecule has 1 aromatic carbocycles. The lowest BCUT2D eigenvalue weighted by molar-refractivity contribution is 0.410. The van der Waals surface area contributed by atoms with Gasteiger partial charge in [-0.25, -0.2) is 8.78 Å². The third kappa shape index (κ3) is 4.00. The molecule has 0 amide bonds. The molecule has 3 heteroatoms. The summed E-state index contributed by atoms with van der Waals surface area (Å²) in [5.41, 5.74) is 0.216. The Kier molecular flexibility index (Phi) is 5.32. The van der Waals surface area contributed by atoms with Gasteiger partial charge < -0.3 is 5.32 Å². The number of likely N-dealkylation sites (N-methyl/N-ethyl adjacent to an activating group) is 1. The van der Waals surface area contributed by atoms with Crippen molar-refractivity contribution in [3.8, 4) is 0 Å². The van der Waals surface area contributed by atoms with Crippen LogP contribution >= 0.6 is 0 Å². The first-order valence-electron chi connectivity index (χ1n) is 7.31. The Hall–Kier alpha value is -0.960. The third-order valence-electron chi connectivity index (χ3n) is 4.32. The molecule has 1 nitrogen and oxygen atoms in total. The van der Waals surface area contributed by atoms with Crippen molar-refractivity contribution < 1.29 is 8.78 Å². The molecule has 1 atom stereocenters. The van der Waals surface area contributed by atoms with Crippen molar-refractivity contribution in [2.75, 3.05) is 7.05 Å². The van der Waals surface area contributed by atoms with E-state index in [1.807, 2.05) is 7.05 Å². The van der Waals surface area contributed by atoms with Crippen LogP contribution in [-0.4, -0.2) is 13.1 Å². The van der Waals surface area contributed by atoms with Crippen LogP contribution in [0.15, 0.2) is 18.2 Å². The van der Waals surface area contributed by atoms with Gasteiger partial charge in [0.05, 0.1) is 0 Å². The van der Waals surface area contributed by atoms with Crippen LogP contribution in [0.2, 0.25) is 0 Å². The maximum Gasteiger partial charge on any atom is 0.129 e. The average Bonchev–Trinajstić information content (AvgIpc) is 2.91. The van der Waals surface area contributed by atoms with Gasteiger partial charge >= 0.3 is 0 Å². The molecule has 0 aromatic heterocycles. The molecule has 1 unspecified atom stereocenters. The number of nitrogens with one attached hydrogen (secondary N) is 1. The maximum absolute atomic E-state index is 13.6. The van der Waals surface area contributed by atoms with Gasteiger partial charge in [0, 0.05) is 11.6 Å². The van der Waals surface area contributed by atoms with Crippen LogP contribution in [0.25, 0.3) is 0 Å². The fourth-order valence-electron chi connectivity index (χ4n) is 3.06. The molecule has 1 aromatic rings. The molecule has 0 spiro atoms. The fourth-order valence-corrected chi connectivity index (χ4v) is 3.06. The molecule has 0 saturated heterocycles. The van der Waals surface area contributed by atoms with Crippen LogP contribution in [0.3, 0.4) is 0 Å². The van der Waals surface area contributed by atoms with Crippen LogP contribution in [0.4, 0.5) is 8.78 Å². The van der Waals surface area contributed by atoms with E-state index in [4.69, 9.17) is 0 Å². The highest BCUT2D eigenvalue weighted by atomic mass is 19.1. The largest absolute Gasteiger partial charge is 0.317 e. The minimum Gasteiger partial charge on any atom is -0.317 e. The number of rotatable bonds is 6.